The number of carbonyl (C=O) groups excluding carboxylic acids is 1. The highest BCUT2D eigenvalue weighted by atomic mass is 16.5. The highest BCUT2D eigenvalue weighted by Gasteiger charge is 2.07. The van der Waals surface area contributed by atoms with Gasteiger partial charge in [-0.05, 0) is 35.7 Å². The number of carbonyl (C=O) groups is 1. The molecule has 2 rings (SSSR count). The van der Waals surface area contributed by atoms with Crippen LogP contribution >= 0.6 is 0 Å². The van der Waals surface area contributed by atoms with Gasteiger partial charge in [0.25, 0.3) is 0 Å². The lowest BCUT2D eigenvalue weighted by Crippen LogP contribution is -2.05. The van der Waals surface area contributed by atoms with Gasteiger partial charge in [0.1, 0.15) is 19.0 Å². The van der Waals surface area contributed by atoms with Gasteiger partial charge in [-0.1, -0.05) is 42.5 Å². The van der Waals surface area contributed by atoms with E-state index in [0.29, 0.717) is 6.61 Å². The minimum atomic E-state index is -0.446. The molecule has 0 unspecified atom stereocenters. The molecule has 0 atom stereocenters. The molecule has 120 valence electrons. The van der Waals surface area contributed by atoms with E-state index in [-0.39, 0.29) is 13.2 Å². The summed E-state index contributed by atoms with van der Waals surface area (Å²) < 4.78 is 10.9. The minimum Gasteiger partial charge on any atom is -0.489 e. The second-order valence-electron chi connectivity index (χ2n) is 5.17. The van der Waals surface area contributed by atoms with Crippen molar-refractivity contribution in [3.05, 3.63) is 77.4 Å². The quantitative estimate of drug-likeness (QED) is 0.629. The van der Waals surface area contributed by atoms with Crippen LogP contribution < -0.4 is 4.74 Å². The lowest BCUT2D eigenvalue weighted by Gasteiger charge is -2.12. The maximum atomic E-state index is 11.2. The van der Waals surface area contributed by atoms with Crippen molar-refractivity contribution in [2.75, 3.05) is 0 Å². The fourth-order valence-electron chi connectivity index (χ4n) is 2.09. The zero-order valence-corrected chi connectivity index (χ0v) is 13.1. The molecule has 2 aromatic rings. The molecule has 4 heteroatoms. The third-order valence-electron chi connectivity index (χ3n) is 3.40. The normalized spacial score (nSPS) is 10.2. The number of rotatable bonds is 7. The van der Waals surface area contributed by atoms with Crippen molar-refractivity contribution in [2.45, 2.75) is 26.7 Å². The number of ether oxygens (including phenoxy) is 2. The van der Waals surface area contributed by atoms with Gasteiger partial charge in [0.15, 0.2) is 0 Å². The van der Waals surface area contributed by atoms with Crippen LogP contribution in [0, 0.1) is 6.92 Å². The van der Waals surface area contributed by atoms with Crippen molar-refractivity contribution in [1.29, 1.82) is 0 Å². The smallest absolute Gasteiger partial charge is 0.330 e. The van der Waals surface area contributed by atoms with Crippen LogP contribution in [0.25, 0.3) is 0 Å². The summed E-state index contributed by atoms with van der Waals surface area (Å²) >= 11 is 0. The topological polar surface area (TPSA) is 55.8 Å². The molecule has 1 N–H and O–H groups in total. The average Bonchev–Trinajstić information content (AvgIpc) is 2.59. The van der Waals surface area contributed by atoms with Crippen molar-refractivity contribution < 1.29 is 19.4 Å². The van der Waals surface area contributed by atoms with E-state index in [1.165, 1.54) is 0 Å². The van der Waals surface area contributed by atoms with E-state index < -0.39 is 5.97 Å². The Morgan fingerprint density at radius 3 is 2.52 bits per heavy atom. The first kappa shape index (κ1) is 16.8. The van der Waals surface area contributed by atoms with Crippen LogP contribution in [0.2, 0.25) is 0 Å². The standard InChI is InChI=1S/C19H20O4/c1-3-19(21)23-13-17-10-14(2)4-7-16(17)12-22-18-8-5-15(11-20)6-9-18/h3-10,20H,1,11-13H2,2H3. The van der Waals surface area contributed by atoms with Gasteiger partial charge in [-0.3, -0.25) is 0 Å². The first-order chi connectivity index (χ1) is 11.1. The summed E-state index contributed by atoms with van der Waals surface area (Å²) in [5, 5.41) is 9.03. The number of benzene rings is 2. The third kappa shape index (κ3) is 4.97. The van der Waals surface area contributed by atoms with Crippen molar-refractivity contribution in [1.82, 2.24) is 0 Å². The van der Waals surface area contributed by atoms with Gasteiger partial charge in [-0.25, -0.2) is 4.79 Å². The molecule has 0 amide bonds. The van der Waals surface area contributed by atoms with Crippen LogP contribution in [0.4, 0.5) is 0 Å². The minimum absolute atomic E-state index is 0.0110. The summed E-state index contributed by atoms with van der Waals surface area (Å²) in [7, 11) is 0. The molecular formula is C19H20O4. The highest BCUT2D eigenvalue weighted by molar-refractivity contribution is 5.81. The third-order valence-corrected chi connectivity index (χ3v) is 3.40. The fourth-order valence-corrected chi connectivity index (χ4v) is 2.09. The lowest BCUT2D eigenvalue weighted by molar-refractivity contribution is -0.139. The van der Waals surface area contributed by atoms with Crippen LogP contribution in [0.3, 0.4) is 0 Å². The van der Waals surface area contributed by atoms with Gasteiger partial charge in [0.2, 0.25) is 0 Å². The van der Waals surface area contributed by atoms with E-state index in [4.69, 9.17) is 14.6 Å². The summed E-state index contributed by atoms with van der Waals surface area (Å²) in [5.74, 6) is 0.273. The molecule has 0 saturated carbocycles. The Morgan fingerprint density at radius 2 is 1.87 bits per heavy atom. The molecule has 2 aromatic carbocycles. The van der Waals surface area contributed by atoms with Crippen LogP contribution in [-0.4, -0.2) is 11.1 Å². The van der Waals surface area contributed by atoms with Crippen molar-refractivity contribution in [2.24, 2.45) is 0 Å². The largest absolute Gasteiger partial charge is 0.489 e. The highest BCUT2D eigenvalue weighted by Crippen LogP contribution is 2.18. The second kappa shape index (κ2) is 8.15. The average molecular weight is 312 g/mol. The van der Waals surface area contributed by atoms with Crippen molar-refractivity contribution in [3.63, 3.8) is 0 Å². The van der Waals surface area contributed by atoms with E-state index in [2.05, 4.69) is 6.58 Å². The number of aliphatic hydroxyl groups excluding tert-OH is 1. The van der Waals surface area contributed by atoms with Gasteiger partial charge < -0.3 is 14.6 Å². The van der Waals surface area contributed by atoms with Crippen LogP contribution in [0.5, 0.6) is 5.75 Å². The molecule has 0 fully saturated rings. The van der Waals surface area contributed by atoms with E-state index in [1.54, 1.807) is 0 Å². The lowest BCUT2D eigenvalue weighted by atomic mass is 10.1. The molecule has 0 aliphatic heterocycles. The van der Waals surface area contributed by atoms with Gasteiger partial charge in [0, 0.05) is 6.08 Å². The van der Waals surface area contributed by atoms with E-state index >= 15 is 0 Å². The maximum absolute atomic E-state index is 11.2. The van der Waals surface area contributed by atoms with Gasteiger partial charge in [0.05, 0.1) is 6.61 Å². The Kier molecular flexibility index (Phi) is 5.94. The van der Waals surface area contributed by atoms with E-state index in [0.717, 1.165) is 34.1 Å². The van der Waals surface area contributed by atoms with Crippen LogP contribution in [-0.2, 0) is 29.4 Å². The molecule has 0 aliphatic carbocycles. The number of esters is 1. The zero-order chi connectivity index (χ0) is 16.7. The molecule has 0 aromatic heterocycles. The van der Waals surface area contributed by atoms with E-state index in [1.807, 2.05) is 49.4 Å². The number of hydrogen-bond donors (Lipinski definition) is 1. The SMILES string of the molecule is C=CC(=O)OCc1cc(C)ccc1COc1ccc(CO)cc1. The van der Waals surface area contributed by atoms with Crippen LogP contribution in [0.1, 0.15) is 22.3 Å². The molecule has 0 heterocycles. The summed E-state index contributed by atoms with van der Waals surface area (Å²) in [4.78, 5) is 11.2. The number of hydrogen-bond acceptors (Lipinski definition) is 4. The monoisotopic (exact) mass is 312 g/mol. The molecular weight excluding hydrogens is 292 g/mol. The number of aryl methyl sites for hydroxylation is 1. The Bertz CT molecular complexity index is 674. The Balaban J connectivity index is 2.05. The summed E-state index contributed by atoms with van der Waals surface area (Å²) in [6, 6.07) is 13.2. The van der Waals surface area contributed by atoms with Crippen molar-refractivity contribution in [3.8, 4) is 5.75 Å². The Labute approximate surface area is 136 Å². The second-order valence-corrected chi connectivity index (χ2v) is 5.17. The fraction of sp³-hybridized carbons (Fsp3) is 0.211. The molecule has 4 nitrogen and oxygen atoms in total. The zero-order valence-electron chi connectivity index (χ0n) is 13.1. The van der Waals surface area contributed by atoms with Crippen molar-refractivity contribution >= 4 is 5.97 Å². The number of aliphatic hydroxyl groups is 1. The van der Waals surface area contributed by atoms with Gasteiger partial charge >= 0.3 is 5.97 Å². The molecule has 0 bridgehead atoms. The predicted octanol–water partition coefficient (Wildman–Crippen LogP) is 3.30. The predicted molar refractivity (Wildman–Crippen MR) is 87.9 cm³/mol. The first-order valence-electron chi connectivity index (χ1n) is 7.32. The molecule has 0 spiro atoms. The maximum Gasteiger partial charge on any atom is 0.330 e. The molecule has 0 aliphatic rings. The van der Waals surface area contributed by atoms with Gasteiger partial charge in [-0.15, -0.1) is 0 Å². The summed E-state index contributed by atoms with van der Waals surface area (Å²) in [6.07, 6.45) is 1.15. The summed E-state index contributed by atoms with van der Waals surface area (Å²) in [5.41, 5.74) is 3.79. The molecule has 23 heavy (non-hydrogen) atoms. The Hall–Kier alpha value is -2.59. The van der Waals surface area contributed by atoms with Gasteiger partial charge in [-0.2, -0.15) is 0 Å². The Morgan fingerprint density at radius 1 is 1.13 bits per heavy atom. The molecule has 0 radical (unpaired) electrons. The summed E-state index contributed by atoms with van der Waals surface area (Å²) in [6.45, 7) is 5.94. The molecule has 0 saturated heterocycles. The van der Waals surface area contributed by atoms with E-state index in [9.17, 15) is 4.79 Å². The van der Waals surface area contributed by atoms with Crippen LogP contribution in [0.15, 0.2) is 55.1 Å². The first-order valence-corrected chi connectivity index (χ1v) is 7.32.